The summed E-state index contributed by atoms with van der Waals surface area (Å²) in [5, 5.41) is 3.02. The molecule has 1 N–H and O–H groups in total. The third-order valence-corrected chi connectivity index (χ3v) is 5.72. The molecule has 3 aromatic carbocycles. The average Bonchev–Trinajstić information content (AvgIpc) is 2.72. The molecule has 0 fully saturated rings. The summed E-state index contributed by atoms with van der Waals surface area (Å²) in [5.41, 5.74) is 3.16. The zero-order valence-electron chi connectivity index (χ0n) is 16.4. The van der Waals surface area contributed by atoms with E-state index >= 15 is 0 Å². The van der Waals surface area contributed by atoms with Crippen molar-refractivity contribution in [2.45, 2.75) is 17.9 Å². The van der Waals surface area contributed by atoms with E-state index in [2.05, 4.69) is 5.32 Å². The van der Waals surface area contributed by atoms with Gasteiger partial charge in [0.2, 0.25) is 0 Å². The van der Waals surface area contributed by atoms with Crippen molar-refractivity contribution < 1.29 is 13.2 Å². The van der Waals surface area contributed by atoms with Gasteiger partial charge in [0.1, 0.15) is 0 Å². The highest BCUT2D eigenvalue weighted by molar-refractivity contribution is 7.90. The van der Waals surface area contributed by atoms with Gasteiger partial charge in [-0.2, -0.15) is 0 Å². The van der Waals surface area contributed by atoms with Crippen LogP contribution in [0.4, 0.5) is 0 Å². The van der Waals surface area contributed by atoms with Crippen molar-refractivity contribution in [1.29, 1.82) is 0 Å². The molecule has 0 aromatic heterocycles. The molecule has 3 rings (SSSR count). The van der Waals surface area contributed by atoms with Crippen LogP contribution in [0.5, 0.6) is 0 Å². The SMILES string of the molecule is C[C@H](NC(=O)/C(=C/c1ccccc1)c1ccccc1)c1ccc(S(C)(=O)=O)cc1. The fraction of sp³-hybridized carbons (Fsp3) is 0.125. The van der Waals surface area contributed by atoms with Crippen LogP contribution in [0.25, 0.3) is 11.6 Å². The Hall–Kier alpha value is -3.18. The Morgan fingerprint density at radius 1 is 0.862 bits per heavy atom. The summed E-state index contributed by atoms with van der Waals surface area (Å²) in [5.74, 6) is -0.195. The van der Waals surface area contributed by atoms with Gasteiger partial charge in [0.05, 0.1) is 10.9 Å². The maximum absolute atomic E-state index is 13.1. The maximum atomic E-state index is 13.1. The van der Waals surface area contributed by atoms with Gasteiger partial charge in [0.25, 0.3) is 5.91 Å². The third-order valence-electron chi connectivity index (χ3n) is 4.60. The number of carbonyl (C=O) groups excluding carboxylic acids is 1. The summed E-state index contributed by atoms with van der Waals surface area (Å²) < 4.78 is 23.3. The molecule has 1 amide bonds. The normalized spacial score (nSPS) is 13.0. The molecule has 3 aromatic rings. The number of amides is 1. The molecular formula is C24H23NO3S. The van der Waals surface area contributed by atoms with E-state index in [1.807, 2.05) is 73.7 Å². The van der Waals surface area contributed by atoms with Gasteiger partial charge in [-0.05, 0) is 41.8 Å². The second-order valence-corrected chi connectivity index (χ2v) is 8.89. The highest BCUT2D eigenvalue weighted by Gasteiger charge is 2.16. The van der Waals surface area contributed by atoms with E-state index in [9.17, 15) is 13.2 Å². The van der Waals surface area contributed by atoms with Crippen molar-refractivity contribution >= 4 is 27.4 Å². The number of nitrogens with one attached hydrogen (secondary N) is 1. The summed E-state index contributed by atoms with van der Waals surface area (Å²) in [7, 11) is -3.25. The van der Waals surface area contributed by atoms with Crippen molar-refractivity contribution in [2.75, 3.05) is 6.26 Å². The van der Waals surface area contributed by atoms with Crippen LogP contribution < -0.4 is 5.32 Å². The molecule has 0 aliphatic carbocycles. The molecular weight excluding hydrogens is 382 g/mol. The fourth-order valence-corrected chi connectivity index (χ4v) is 3.61. The molecule has 0 spiro atoms. The highest BCUT2D eigenvalue weighted by atomic mass is 32.2. The lowest BCUT2D eigenvalue weighted by Gasteiger charge is -2.17. The molecule has 5 heteroatoms. The van der Waals surface area contributed by atoms with E-state index in [4.69, 9.17) is 0 Å². The summed E-state index contributed by atoms with van der Waals surface area (Å²) in [6, 6.07) is 25.5. The van der Waals surface area contributed by atoms with Crippen LogP contribution in [-0.4, -0.2) is 20.6 Å². The quantitative estimate of drug-likeness (QED) is 0.485. The van der Waals surface area contributed by atoms with E-state index in [1.54, 1.807) is 24.3 Å². The first kappa shape index (κ1) is 20.6. The Morgan fingerprint density at radius 3 is 1.97 bits per heavy atom. The van der Waals surface area contributed by atoms with Crippen LogP contribution in [0, 0.1) is 0 Å². The van der Waals surface area contributed by atoms with E-state index in [-0.39, 0.29) is 16.8 Å². The molecule has 0 aliphatic heterocycles. The summed E-state index contributed by atoms with van der Waals surface area (Å²) in [4.78, 5) is 13.3. The lowest BCUT2D eigenvalue weighted by atomic mass is 10.0. The topological polar surface area (TPSA) is 63.2 Å². The van der Waals surface area contributed by atoms with Crippen LogP contribution in [0.1, 0.15) is 29.7 Å². The predicted octanol–water partition coefficient (Wildman–Crippen LogP) is 4.51. The van der Waals surface area contributed by atoms with E-state index in [0.29, 0.717) is 5.57 Å². The van der Waals surface area contributed by atoms with Crippen LogP contribution in [0.15, 0.2) is 89.8 Å². The van der Waals surface area contributed by atoms with Gasteiger partial charge in [-0.1, -0.05) is 72.8 Å². The van der Waals surface area contributed by atoms with Crippen molar-refractivity contribution in [3.8, 4) is 0 Å². The molecule has 1 atom stereocenters. The first-order valence-electron chi connectivity index (χ1n) is 9.27. The monoisotopic (exact) mass is 405 g/mol. The predicted molar refractivity (Wildman–Crippen MR) is 117 cm³/mol. The van der Waals surface area contributed by atoms with Crippen molar-refractivity contribution in [3.63, 3.8) is 0 Å². The molecule has 0 unspecified atom stereocenters. The first-order chi connectivity index (χ1) is 13.8. The van der Waals surface area contributed by atoms with Gasteiger partial charge in [0.15, 0.2) is 9.84 Å². The van der Waals surface area contributed by atoms with Gasteiger partial charge < -0.3 is 5.32 Å². The van der Waals surface area contributed by atoms with E-state index in [1.165, 1.54) is 6.26 Å². The number of rotatable bonds is 6. The fourth-order valence-electron chi connectivity index (χ4n) is 2.98. The van der Waals surface area contributed by atoms with E-state index < -0.39 is 9.84 Å². The van der Waals surface area contributed by atoms with Gasteiger partial charge in [-0.15, -0.1) is 0 Å². The largest absolute Gasteiger partial charge is 0.345 e. The molecule has 0 radical (unpaired) electrons. The number of benzene rings is 3. The number of hydrogen-bond donors (Lipinski definition) is 1. The van der Waals surface area contributed by atoms with Crippen LogP contribution in [0.2, 0.25) is 0 Å². The highest BCUT2D eigenvalue weighted by Crippen LogP contribution is 2.21. The van der Waals surface area contributed by atoms with E-state index in [0.717, 1.165) is 16.7 Å². The third kappa shape index (κ3) is 5.42. The van der Waals surface area contributed by atoms with Crippen LogP contribution >= 0.6 is 0 Å². The lowest BCUT2D eigenvalue weighted by Crippen LogP contribution is -2.27. The minimum Gasteiger partial charge on any atom is -0.345 e. The maximum Gasteiger partial charge on any atom is 0.252 e. The van der Waals surface area contributed by atoms with Crippen molar-refractivity contribution in [2.24, 2.45) is 0 Å². The zero-order chi connectivity index (χ0) is 20.9. The summed E-state index contributed by atoms with van der Waals surface area (Å²) >= 11 is 0. The zero-order valence-corrected chi connectivity index (χ0v) is 17.2. The molecule has 0 heterocycles. The van der Waals surface area contributed by atoms with Gasteiger partial charge in [-0.3, -0.25) is 4.79 Å². The summed E-state index contributed by atoms with van der Waals surface area (Å²) in [6.07, 6.45) is 3.04. The number of carbonyl (C=O) groups is 1. The smallest absolute Gasteiger partial charge is 0.252 e. The molecule has 148 valence electrons. The molecule has 0 aliphatic rings. The Kier molecular flexibility index (Phi) is 6.29. The summed E-state index contributed by atoms with van der Waals surface area (Å²) in [6.45, 7) is 1.87. The molecule has 0 saturated carbocycles. The second-order valence-electron chi connectivity index (χ2n) is 6.87. The van der Waals surface area contributed by atoms with Gasteiger partial charge >= 0.3 is 0 Å². The van der Waals surface area contributed by atoms with Crippen LogP contribution in [-0.2, 0) is 14.6 Å². The Balaban J connectivity index is 1.86. The molecule has 0 saturated heterocycles. The Morgan fingerprint density at radius 2 is 1.41 bits per heavy atom. The van der Waals surface area contributed by atoms with Crippen LogP contribution in [0.3, 0.4) is 0 Å². The molecule has 0 bridgehead atoms. The minimum atomic E-state index is -3.25. The standard InChI is InChI=1S/C24H23NO3S/c1-18(20-13-15-22(16-14-20)29(2,27)28)25-24(26)23(21-11-7-4-8-12-21)17-19-9-5-3-6-10-19/h3-18H,1-2H3,(H,25,26)/b23-17+/t18-/m0/s1. The van der Waals surface area contributed by atoms with Crippen molar-refractivity contribution in [3.05, 3.63) is 102 Å². The Labute approximate surface area is 171 Å². The Bertz CT molecular complexity index is 1100. The number of sulfone groups is 1. The van der Waals surface area contributed by atoms with Crippen molar-refractivity contribution in [1.82, 2.24) is 5.32 Å². The average molecular weight is 406 g/mol. The lowest BCUT2D eigenvalue weighted by molar-refractivity contribution is -0.116. The number of hydrogen-bond acceptors (Lipinski definition) is 3. The van der Waals surface area contributed by atoms with Gasteiger partial charge in [0, 0.05) is 11.8 Å². The first-order valence-corrected chi connectivity index (χ1v) is 11.2. The second kappa shape index (κ2) is 8.88. The molecule has 4 nitrogen and oxygen atoms in total. The van der Waals surface area contributed by atoms with Gasteiger partial charge in [-0.25, -0.2) is 8.42 Å². The minimum absolute atomic E-state index is 0.195. The molecule has 29 heavy (non-hydrogen) atoms.